The Bertz CT molecular complexity index is 1110. The maximum Gasteiger partial charge on any atom is 0.310 e. The van der Waals surface area contributed by atoms with Crippen molar-refractivity contribution in [3.05, 3.63) is 82.9 Å². The molecule has 2 saturated heterocycles. The third-order valence-electron chi connectivity index (χ3n) is 10.2. The van der Waals surface area contributed by atoms with Gasteiger partial charge in [0.1, 0.15) is 11.7 Å². The average molecular weight is 500 g/mol. The number of likely N-dealkylation sites (tertiary alicyclic amines) is 1. The molecule has 6 rings (SSSR count). The summed E-state index contributed by atoms with van der Waals surface area (Å²) in [5, 5.41) is 12.2. The van der Waals surface area contributed by atoms with Crippen LogP contribution in [0.25, 0.3) is 0 Å². The lowest BCUT2D eigenvalue weighted by molar-refractivity contribution is -0.145. The number of piperidine rings is 1. The van der Waals surface area contributed by atoms with Crippen LogP contribution in [0, 0.1) is 23.2 Å². The number of carbonyl (C=O) groups excluding carboxylic acids is 1. The molecular weight excluding hydrogens is 458 g/mol. The maximum atomic E-state index is 13.1. The van der Waals surface area contributed by atoms with E-state index in [2.05, 4.69) is 18.7 Å². The second-order valence-electron chi connectivity index (χ2n) is 12.4. The first-order valence-corrected chi connectivity index (χ1v) is 14.3. The Labute approximate surface area is 221 Å². The highest BCUT2D eigenvalue weighted by molar-refractivity contribution is 5.76. The Balaban J connectivity index is 1.16. The standard InChI is InChI=1S/C33H41NO3/c1-23-10-9-17-32(2)21-30-27(20-29(23)32)28(31(35)37-30)22-34-18-15-26(16-19-34)33(36,24-11-5-3-6-12-24)25-13-7-4-8-14-25/h3-8,11-14,26-28,30,36H,9-10,15-22H2,1-2H3. The summed E-state index contributed by atoms with van der Waals surface area (Å²) < 4.78 is 6.03. The first-order valence-electron chi connectivity index (χ1n) is 14.3. The number of hydrogen-bond donors (Lipinski definition) is 1. The van der Waals surface area contributed by atoms with Crippen LogP contribution in [0.2, 0.25) is 0 Å². The van der Waals surface area contributed by atoms with Gasteiger partial charge in [0.25, 0.3) is 0 Å². The van der Waals surface area contributed by atoms with E-state index in [1.54, 1.807) is 11.1 Å². The summed E-state index contributed by atoms with van der Waals surface area (Å²) in [6.45, 7) is 7.28. The zero-order valence-corrected chi connectivity index (χ0v) is 22.4. The fourth-order valence-electron chi connectivity index (χ4n) is 8.15. The Morgan fingerprint density at radius 1 is 1.03 bits per heavy atom. The number of rotatable bonds is 5. The lowest BCUT2D eigenvalue weighted by atomic mass is 9.59. The summed E-state index contributed by atoms with van der Waals surface area (Å²) in [4.78, 5) is 15.6. The molecule has 1 saturated carbocycles. The van der Waals surface area contributed by atoms with Crippen LogP contribution in [0.1, 0.15) is 69.9 Å². The molecule has 0 bridgehead atoms. The van der Waals surface area contributed by atoms with Crippen LogP contribution < -0.4 is 0 Å². The molecule has 2 aliphatic carbocycles. The van der Waals surface area contributed by atoms with E-state index >= 15 is 0 Å². The molecule has 2 aromatic carbocycles. The van der Waals surface area contributed by atoms with Crippen molar-refractivity contribution in [1.82, 2.24) is 4.90 Å². The number of hydrogen-bond acceptors (Lipinski definition) is 4. The van der Waals surface area contributed by atoms with Crippen molar-refractivity contribution in [2.75, 3.05) is 19.6 Å². The molecule has 37 heavy (non-hydrogen) atoms. The minimum absolute atomic E-state index is 0.0164. The number of carbonyl (C=O) groups is 1. The molecule has 1 N–H and O–H groups in total. The number of benzene rings is 2. The molecule has 0 spiro atoms. The fraction of sp³-hybridized carbons (Fsp3) is 0.545. The number of nitrogens with zero attached hydrogens (tertiary/aromatic N) is 1. The molecule has 4 unspecified atom stereocenters. The first kappa shape index (κ1) is 24.9. The Kier molecular flexibility index (Phi) is 6.53. The number of aliphatic hydroxyl groups is 1. The number of allylic oxidation sites excluding steroid dienone is 2. The van der Waals surface area contributed by atoms with Crippen molar-refractivity contribution in [3.8, 4) is 0 Å². The summed E-state index contributed by atoms with van der Waals surface area (Å²) in [5.74, 6) is 0.423. The molecule has 4 heteroatoms. The maximum absolute atomic E-state index is 13.1. The van der Waals surface area contributed by atoms with Gasteiger partial charge in [-0.1, -0.05) is 78.7 Å². The van der Waals surface area contributed by atoms with Gasteiger partial charge in [0.15, 0.2) is 0 Å². The zero-order chi connectivity index (χ0) is 25.6. The molecular formula is C33H41NO3. The average Bonchev–Trinajstić information content (AvgIpc) is 3.21. The van der Waals surface area contributed by atoms with E-state index in [0.717, 1.165) is 56.4 Å². The highest BCUT2D eigenvalue weighted by Gasteiger charge is 2.53. The quantitative estimate of drug-likeness (QED) is 0.399. The van der Waals surface area contributed by atoms with E-state index in [4.69, 9.17) is 4.74 Å². The van der Waals surface area contributed by atoms with Crippen LogP contribution >= 0.6 is 0 Å². The first-order chi connectivity index (χ1) is 17.9. The molecule has 4 atom stereocenters. The fourth-order valence-corrected chi connectivity index (χ4v) is 8.15. The van der Waals surface area contributed by atoms with Crippen molar-refractivity contribution >= 4 is 5.97 Å². The largest absolute Gasteiger partial charge is 0.462 e. The van der Waals surface area contributed by atoms with Gasteiger partial charge in [-0.2, -0.15) is 0 Å². The zero-order valence-electron chi connectivity index (χ0n) is 22.4. The Morgan fingerprint density at radius 2 is 1.65 bits per heavy atom. The minimum atomic E-state index is -1.01. The third-order valence-corrected chi connectivity index (χ3v) is 10.2. The topological polar surface area (TPSA) is 49.8 Å². The van der Waals surface area contributed by atoms with Crippen molar-refractivity contribution < 1.29 is 14.6 Å². The van der Waals surface area contributed by atoms with E-state index in [9.17, 15) is 9.90 Å². The third kappa shape index (κ3) is 4.36. The van der Waals surface area contributed by atoms with E-state index in [-0.39, 0.29) is 29.3 Å². The van der Waals surface area contributed by atoms with Crippen LogP contribution in [0.4, 0.5) is 0 Å². The number of fused-ring (bicyclic) bond motifs is 2. The van der Waals surface area contributed by atoms with Crippen LogP contribution in [0.15, 0.2) is 71.8 Å². The van der Waals surface area contributed by atoms with Crippen molar-refractivity contribution in [2.45, 2.75) is 70.5 Å². The smallest absolute Gasteiger partial charge is 0.310 e. The van der Waals surface area contributed by atoms with E-state index < -0.39 is 5.60 Å². The molecule has 0 amide bonds. The van der Waals surface area contributed by atoms with Gasteiger partial charge >= 0.3 is 5.97 Å². The summed E-state index contributed by atoms with van der Waals surface area (Å²) in [6.07, 6.45) is 7.60. The van der Waals surface area contributed by atoms with Gasteiger partial charge in [-0.15, -0.1) is 0 Å². The van der Waals surface area contributed by atoms with Gasteiger partial charge in [-0.05, 0) is 87.4 Å². The van der Waals surface area contributed by atoms with Gasteiger partial charge in [-0.3, -0.25) is 4.79 Å². The number of esters is 1. The van der Waals surface area contributed by atoms with Crippen molar-refractivity contribution in [2.24, 2.45) is 23.2 Å². The molecule has 0 aromatic heterocycles. The summed E-state index contributed by atoms with van der Waals surface area (Å²) in [6, 6.07) is 20.3. The molecule has 2 aromatic rings. The predicted molar refractivity (Wildman–Crippen MR) is 146 cm³/mol. The van der Waals surface area contributed by atoms with Gasteiger partial charge in [0, 0.05) is 12.5 Å². The van der Waals surface area contributed by atoms with E-state index in [1.165, 1.54) is 19.3 Å². The molecule has 0 radical (unpaired) electrons. The normalized spacial score (nSPS) is 31.1. The molecule has 2 heterocycles. The Morgan fingerprint density at radius 3 is 2.27 bits per heavy atom. The molecule has 2 aliphatic heterocycles. The predicted octanol–water partition coefficient (Wildman–Crippen LogP) is 6.09. The van der Waals surface area contributed by atoms with Gasteiger partial charge in [0.05, 0.1) is 5.92 Å². The monoisotopic (exact) mass is 499 g/mol. The minimum Gasteiger partial charge on any atom is -0.462 e. The summed E-state index contributed by atoms with van der Waals surface area (Å²) >= 11 is 0. The highest BCUT2D eigenvalue weighted by Crippen LogP contribution is 2.55. The van der Waals surface area contributed by atoms with E-state index in [0.29, 0.717) is 5.92 Å². The van der Waals surface area contributed by atoms with Crippen molar-refractivity contribution in [1.29, 1.82) is 0 Å². The molecule has 4 aliphatic rings. The van der Waals surface area contributed by atoms with Crippen LogP contribution in [0.5, 0.6) is 0 Å². The Hall–Kier alpha value is -2.43. The molecule has 3 fully saturated rings. The molecule has 196 valence electrons. The molecule has 4 nitrogen and oxygen atoms in total. The second-order valence-corrected chi connectivity index (χ2v) is 12.4. The number of ether oxygens (including phenoxy) is 1. The van der Waals surface area contributed by atoms with Crippen molar-refractivity contribution in [3.63, 3.8) is 0 Å². The SMILES string of the molecule is CC1=C2CC3C(CC2(C)CCC1)OC(=O)C3CN1CCC(C(O)(c2ccccc2)c2ccccc2)CC1. The second kappa shape index (κ2) is 9.71. The van der Waals surface area contributed by atoms with Crippen LogP contribution in [-0.2, 0) is 15.1 Å². The van der Waals surface area contributed by atoms with Gasteiger partial charge in [-0.25, -0.2) is 0 Å². The van der Waals surface area contributed by atoms with Crippen LogP contribution in [-0.4, -0.2) is 41.7 Å². The van der Waals surface area contributed by atoms with Crippen LogP contribution in [0.3, 0.4) is 0 Å². The summed E-state index contributed by atoms with van der Waals surface area (Å²) in [7, 11) is 0. The van der Waals surface area contributed by atoms with Gasteiger partial charge < -0.3 is 14.7 Å². The summed E-state index contributed by atoms with van der Waals surface area (Å²) in [5.41, 5.74) is 4.32. The van der Waals surface area contributed by atoms with Gasteiger partial charge in [0.2, 0.25) is 0 Å². The lowest BCUT2D eigenvalue weighted by Crippen LogP contribution is -2.47. The van der Waals surface area contributed by atoms with E-state index in [1.807, 2.05) is 60.7 Å². The lowest BCUT2D eigenvalue weighted by Gasteiger charge is -2.46. The highest BCUT2D eigenvalue weighted by atomic mass is 16.6.